The van der Waals surface area contributed by atoms with Gasteiger partial charge in [0.1, 0.15) is 11.6 Å². The summed E-state index contributed by atoms with van der Waals surface area (Å²) >= 11 is 0. The van der Waals surface area contributed by atoms with Gasteiger partial charge in [-0.15, -0.1) is 0 Å². The third-order valence-corrected chi connectivity index (χ3v) is 3.40. The van der Waals surface area contributed by atoms with E-state index < -0.39 is 0 Å². The van der Waals surface area contributed by atoms with Crippen molar-refractivity contribution in [2.45, 2.75) is 31.8 Å². The van der Waals surface area contributed by atoms with E-state index in [2.05, 4.69) is 12.2 Å². The standard InChI is InChI=1S/C14H20FNO2/c1-14(6-3-7-18-10-14)16-9-11-4-5-12(17-2)8-13(11)15/h4-5,8,16H,3,6-7,9-10H2,1-2H3. The van der Waals surface area contributed by atoms with Gasteiger partial charge >= 0.3 is 0 Å². The summed E-state index contributed by atoms with van der Waals surface area (Å²) in [5.41, 5.74) is 0.604. The van der Waals surface area contributed by atoms with Crippen molar-refractivity contribution in [1.82, 2.24) is 5.32 Å². The van der Waals surface area contributed by atoms with Crippen LogP contribution in [-0.2, 0) is 11.3 Å². The van der Waals surface area contributed by atoms with Crippen molar-refractivity contribution in [2.75, 3.05) is 20.3 Å². The number of rotatable bonds is 4. The molecule has 1 aliphatic rings. The monoisotopic (exact) mass is 253 g/mol. The van der Waals surface area contributed by atoms with E-state index in [0.717, 1.165) is 19.4 Å². The normalized spacial score (nSPS) is 23.9. The minimum atomic E-state index is -0.234. The zero-order chi connectivity index (χ0) is 13.0. The van der Waals surface area contributed by atoms with Crippen LogP contribution in [0, 0.1) is 5.82 Å². The largest absolute Gasteiger partial charge is 0.497 e. The van der Waals surface area contributed by atoms with E-state index in [-0.39, 0.29) is 11.4 Å². The van der Waals surface area contributed by atoms with Crippen LogP contribution in [0.1, 0.15) is 25.3 Å². The van der Waals surface area contributed by atoms with Gasteiger partial charge in [0.2, 0.25) is 0 Å². The van der Waals surface area contributed by atoms with Crippen molar-refractivity contribution in [1.29, 1.82) is 0 Å². The molecule has 1 saturated heterocycles. The lowest BCUT2D eigenvalue weighted by Crippen LogP contribution is -2.48. The fraction of sp³-hybridized carbons (Fsp3) is 0.571. The van der Waals surface area contributed by atoms with E-state index in [4.69, 9.17) is 9.47 Å². The predicted octanol–water partition coefficient (Wildman–Crippen LogP) is 2.49. The third kappa shape index (κ3) is 3.21. The quantitative estimate of drug-likeness (QED) is 0.894. The summed E-state index contributed by atoms with van der Waals surface area (Å²) in [5, 5.41) is 3.39. The van der Waals surface area contributed by atoms with Gasteiger partial charge in [-0.1, -0.05) is 6.07 Å². The maximum Gasteiger partial charge on any atom is 0.131 e. The maximum absolute atomic E-state index is 13.8. The van der Waals surface area contributed by atoms with Gasteiger partial charge in [0.25, 0.3) is 0 Å². The molecule has 1 unspecified atom stereocenters. The summed E-state index contributed by atoms with van der Waals surface area (Å²) in [7, 11) is 1.53. The van der Waals surface area contributed by atoms with E-state index in [1.54, 1.807) is 12.1 Å². The number of hydrogen-bond acceptors (Lipinski definition) is 3. The van der Waals surface area contributed by atoms with E-state index in [1.807, 2.05) is 0 Å². The molecule has 0 bridgehead atoms. The average Bonchev–Trinajstić information content (AvgIpc) is 2.38. The van der Waals surface area contributed by atoms with Gasteiger partial charge in [-0.2, -0.15) is 0 Å². The fourth-order valence-electron chi connectivity index (χ4n) is 2.18. The van der Waals surface area contributed by atoms with Crippen LogP contribution in [0.5, 0.6) is 5.75 Å². The van der Waals surface area contributed by atoms with Crippen molar-refractivity contribution >= 4 is 0 Å². The lowest BCUT2D eigenvalue weighted by molar-refractivity contribution is 0.0276. The summed E-state index contributed by atoms with van der Waals surface area (Å²) in [6.07, 6.45) is 2.11. The second kappa shape index (κ2) is 5.67. The summed E-state index contributed by atoms with van der Waals surface area (Å²) < 4.78 is 24.2. The summed E-state index contributed by atoms with van der Waals surface area (Å²) in [6.45, 7) is 4.14. The second-order valence-electron chi connectivity index (χ2n) is 5.03. The van der Waals surface area contributed by atoms with Gasteiger partial charge in [-0.3, -0.25) is 0 Å². The smallest absolute Gasteiger partial charge is 0.131 e. The van der Waals surface area contributed by atoms with Crippen LogP contribution in [0.25, 0.3) is 0 Å². The molecule has 1 aromatic carbocycles. The molecule has 0 saturated carbocycles. The van der Waals surface area contributed by atoms with Crippen LogP contribution in [0.4, 0.5) is 4.39 Å². The molecule has 1 fully saturated rings. The summed E-state index contributed by atoms with van der Waals surface area (Å²) in [4.78, 5) is 0. The number of nitrogens with one attached hydrogen (secondary N) is 1. The van der Waals surface area contributed by atoms with Crippen LogP contribution in [0.15, 0.2) is 18.2 Å². The van der Waals surface area contributed by atoms with Crippen molar-refractivity contribution in [3.8, 4) is 5.75 Å². The minimum Gasteiger partial charge on any atom is -0.497 e. The highest BCUT2D eigenvalue weighted by molar-refractivity contribution is 5.28. The maximum atomic E-state index is 13.8. The summed E-state index contributed by atoms with van der Waals surface area (Å²) in [6, 6.07) is 4.95. The SMILES string of the molecule is COc1ccc(CNC2(C)CCCOC2)c(F)c1. The van der Waals surface area contributed by atoms with E-state index >= 15 is 0 Å². The first-order chi connectivity index (χ1) is 8.63. The Kier molecular flexibility index (Phi) is 4.19. The highest BCUT2D eigenvalue weighted by atomic mass is 19.1. The molecular weight excluding hydrogens is 233 g/mol. The summed E-state index contributed by atoms with van der Waals surface area (Å²) in [5.74, 6) is 0.311. The van der Waals surface area contributed by atoms with Crippen LogP contribution < -0.4 is 10.1 Å². The van der Waals surface area contributed by atoms with Crippen LogP contribution in [0.3, 0.4) is 0 Å². The number of hydrogen-bond donors (Lipinski definition) is 1. The Bertz CT molecular complexity index is 403. The van der Waals surface area contributed by atoms with Gasteiger partial charge in [-0.05, 0) is 25.8 Å². The molecule has 1 aromatic rings. The molecule has 1 heterocycles. The van der Waals surface area contributed by atoms with Crippen molar-refractivity contribution in [2.24, 2.45) is 0 Å². The van der Waals surface area contributed by atoms with Gasteiger partial charge in [0.05, 0.1) is 13.7 Å². The number of benzene rings is 1. The molecule has 0 aliphatic carbocycles. The molecule has 1 atom stereocenters. The zero-order valence-electron chi connectivity index (χ0n) is 11.0. The van der Waals surface area contributed by atoms with Crippen LogP contribution in [0.2, 0.25) is 0 Å². The first-order valence-corrected chi connectivity index (χ1v) is 6.28. The molecule has 18 heavy (non-hydrogen) atoms. The van der Waals surface area contributed by atoms with E-state index in [0.29, 0.717) is 24.5 Å². The molecular formula is C14H20FNO2. The highest BCUT2D eigenvalue weighted by Gasteiger charge is 2.26. The predicted molar refractivity (Wildman–Crippen MR) is 68.2 cm³/mol. The highest BCUT2D eigenvalue weighted by Crippen LogP contribution is 2.21. The zero-order valence-corrected chi connectivity index (χ0v) is 11.0. The Labute approximate surface area is 107 Å². The van der Waals surface area contributed by atoms with E-state index in [9.17, 15) is 4.39 Å². The minimum absolute atomic E-state index is 0.0510. The number of ether oxygens (including phenoxy) is 2. The van der Waals surface area contributed by atoms with Crippen molar-refractivity contribution in [3.05, 3.63) is 29.6 Å². The number of halogens is 1. The topological polar surface area (TPSA) is 30.5 Å². The Hall–Kier alpha value is -1.13. The lowest BCUT2D eigenvalue weighted by atomic mass is 9.94. The van der Waals surface area contributed by atoms with Gasteiger partial charge < -0.3 is 14.8 Å². The molecule has 4 heteroatoms. The molecule has 0 amide bonds. The molecule has 0 spiro atoms. The fourth-order valence-corrected chi connectivity index (χ4v) is 2.18. The Morgan fingerprint density at radius 2 is 2.33 bits per heavy atom. The van der Waals surface area contributed by atoms with Crippen LogP contribution in [-0.4, -0.2) is 25.9 Å². The molecule has 3 nitrogen and oxygen atoms in total. The molecule has 1 aliphatic heterocycles. The Balaban J connectivity index is 1.97. The second-order valence-corrected chi connectivity index (χ2v) is 5.03. The van der Waals surface area contributed by atoms with Gasteiger partial charge in [0.15, 0.2) is 0 Å². The number of methoxy groups -OCH3 is 1. The van der Waals surface area contributed by atoms with Gasteiger partial charge in [-0.25, -0.2) is 4.39 Å². The molecule has 0 aromatic heterocycles. The Morgan fingerprint density at radius 1 is 1.50 bits per heavy atom. The average molecular weight is 253 g/mol. The third-order valence-electron chi connectivity index (χ3n) is 3.40. The first-order valence-electron chi connectivity index (χ1n) is 6.28. The van der Waals surface area contributed by atoms with Crippen molar-refractivity contribution < 1.29 is 13.9 Å². The lowest BCUT2D eigenvalue weighted by Gasteiger charge is -2.34. The van der Waals surface area contributed by atoms with Gasteiger partial charge in [0, 0.05) is 30.3 Å². The molecule has 1 N–H and O–H groups in total. The van der Waals surface area contributed by atoms with Crippen LogP contribution >= 0.6 is 0 Å². The van der Waals surface area contributed by atoms with E-state index in [1.165, 1.54) is 13.2 Å². The molecule has 100 valence electrons. The first kappa shape index (κ1) is 13.3. The van der Waals surface area contributed by atoms with Crippen molar-refractivity contribution in [3.63, 3.8) is 0 Å². The molecule has 0 radical (unpaired) electrons. The molecule has 2 rings (SSSR count). The Morgan fingerprint density at radius 3 is 2.94 bits per heavy atom.